The van der Waals surface area contributed by atoms with Crippen LogP contribution in [-0.4, -0.2) is 49.6 Å². The molecule has 1 saturated heterocycles. The highest BCUT2D eigenvalue weighted by Crippen LogP contribution is 2.52. The summed E-state index contributed by atoms with van der Waals surface area (Å²) >= 11 is 3.16. The third-order valence-corrected chi connectivity index (χ3v) is 9.16. The van der Waals surface area contributed by atoms with Gasteiger partial charge in [0, 0.05) is 23.6 Å². The quantitative estimate of drug-likeness (QED) is 0.0818. The van der Waals surface area contributed by atoms with Gasteiger partial charge in [-0.25, -0.2) is 9.36 Å². The molecule has 4 heterocycles. The fourth-order valence-corrected chi connectivity index (χ4v) is 7.53. The number of nitrogens with zero attached hydrogens (tertiary/aromatic N) is 4. The maximum atomic E-state index is 13.5. The van der Waals surface area contributed by atoms with Crippen LogP contribution in [0.5, 0.6) is 0 Å². The van der Waals surface area contributed by atoms with Crippen molar-refractivity contribution in [3.63, 3.8) is 0 Å². The van der Waals surface area contributed by atoms with Gasteiger partial charge in [-0.2, -0.15) is 4.40 Å². The number of nitro benzene ring substituents is 1. The van der Waals surface area contributed by atoms with E-state index >= 15 is 0 Å². The second-order valence-electron chi connectivity index (χ2n) is 9.39. The third-order valence-electron chi connectivity index (χ3n) is 7.07. The number of carbonyl (C=O) groups excluding carboxylic acids is 2. The summed E-state index contributed by atoms with van der Waals surface area (Å²) in [5.41, 5.74) is 1.45. The molecule has 3 aromatic rings. The first-order valence-electron chi connectivity index (χ1n) is 12.0. The third kappa shape index (κ3) is 4.12. The Labute approximate surface area is 227 Å². The van der Waals surface area contributed by atoms with Crippen molar-refractivity contribution in [2.75, 3.05) is 6.26 Å². The van der Waals surface area contributed by atoms with E-state index in [1.54, 1.807) is 18.7 Å². The number of thioether (sulfide) groups is 1. The summed E-state index contributed by atoms with van der Waals surface area (Å²) in [4.78, 5) is 40.3. The van der Waals surface area contributed by atoms with Crippen molar-refractivity contribution < 1.29 is 28.9 Å². The predicted octanol–water partition coefficient (Wildman–Crippen LogP) is 3.42. The Bertz CT molecular complexity index is 1490. The summed E-state index contributed by atoms with van der Waals surface area (Å²) < 4.78 is 9.72. The molecule has 4 atom stereocenters. The first kappa shape index (κ1) is 26.1. The topological polar surface area (TPSA) is 118 Å². The van der Waals surface area contributed by atoms with Gasteiger partial charge in [-0.1, -0.05) is 42.7 Å². The molecule has 0 aliphatic carbocycles. The van der Waals surface area contributed by atoms with Crippen LogP contribution in [-0.2, 0) is 27.5 Å². The van der Waals surface area contributed by atoms with Gasteiger partial charge in [-0.15, -0.1) is 0 Å². The zero-order valence-electron chi connectivity index (χ0n) is 21.1. The Balaban J connectivity index is 1.52. The lowest BCUT2D eigenvalue weighted by Gasteiger charge is -2.46. The smallest absolute Gasteiger partial charge is 0.355 e. The summed E-state index contributed by atoms with van der Waals surface area (Å²) in [6, 6.07) is 5.43. The number of hydrogen-bond donors (Lipinski definition) is 1. The van der Waals surface area contributed by atoms with Crippen LogP contribution >= 0.6 is 23.1 Å². The van der Waals surface area contributed by atoms with Gasteiger partial charge >= 0.3 is 5.97 Å². The molecule has 0 bridgehead atoms. The number of benzene rings is 1. The molecule has 0 spiro atoms. The van der Waals surface area contributed by atoms with Crippen molar-refractivity contribution in [3.8, 4) is 0 Å². The van der Waals surface area contributed by atoms with Gasteiger partial charge in [0.1, 0.15) is 25.0 Å². The van der Waals surface area contributed by atoms with Crippen molar-refractivity contribution in [1.29, 1.82) is 0 Å². The fraction of sp³-hybridized carbons (Fsp3) is 0.346. The highest BCUT2D eigenvalue weighted by molar-refractivity contribution is 7.98. The molecular weight excluding hydrogens is 528 g/mol. The number of aliphatic hydroxyl groups is 1. The number of carbonyl (C=O) groups is 2. The lowest BCUT2D eigenvalue weighted by atomic mass is 9.77. The molecule has 5 rings (SSSR count). The van der Waals surface area contributed by atoms with Crippen molar-refractivity contribution in [3.05, 3.63) is 75.7 Å². The summed E-state index contributed by atoms with van der Waals surface area (Å²) in [5.74, 6) is -1.74. The van der Waals surface area contributed by atoms with Crippen LogP contribution in [0.25, 0.3) is 10.4 Å². The average Bonchev–Trinajstić information content (AvgIpc) is 3.49. The number of aliphatic hydroxyl groups excluding tert-OH is 1. The number of aromatic nitrogens is 2. The molecule has 1 N–H and O–H groups in total. The minimum atomic E-state index is -0.845. The first-order chi connectivity index (χ1) is 18.2. The van der Waals surface area contributed by atoms with Crippen LogP contribution in [0, 0.1) is 22.0 Å². The van der Waals surface area contributed by atoms with E-state index in [1.807, 2.05) is 36.2 Å². The number of ether oxygens (including phenoxy) is 1. The van der Waals surface area contributed by atoms with Gasteiger partial charge in [0.25, 0.3) is 12.0 Å². The molecule has 0 saturated carbocycles. The molecule has 10 nitrogen and oxygen atoms in total. The number of nitro groups is 1. The van der Waals surface area contributed by atoms with Crippen LogP contribution < -0.4 is 4.57 Å². The molecule has 1 amide bonds. The molecule has 1 aromatic carbocycles. The summed E-state index contributed by atoms with van der Waals surface area (Å²) in [7, 11) is 0. The van der Waals surface area contributed by atoms with Gasteiger partial charge in [0.2, 0.25) is 15.8 Å². The van der Waals surface area contributed by atoms with E-state index in [1.165, 1.54) is 40.5 Å². The molecule has 1 fully saturated rings. The van der Waals surface area contributed by atoms with Crippen LogP contribution in [0.1, 0.15) is 24.3 Å². The highest BCUT2D eigenvalue weighted by Gasteiger charge is 2.60. The first-order valence-corrected chi connectivity index (χ1v) is 14.1. The number of imidazole rings is 1. The standard InChI is InChI=1S/C26H27N4O6S2/c1-5-10-27-13-28-11-18(38-25(28)24(27)37-4)19-14(2)21-20(15(3)31)23(32)29(21)22(19)26(33)36-12-16-6-8-17(9-7-16)30(34)35/h5-9,11,13-15,20-21,31H,1,10,12H2,2-4H3/q+1/t14-,15+,20+,21+/m0/s1. The number of thiazole rings is 1. The number of hydrogen-bond acceptors (Lipinski definition) is 8. The monoisotopic (exact) mass is 555 g/mol. The molecule has 0 radical (unpaired) electrons. The molecule has 12 heteroatoms. The Morgan fingerprint density at radius 2 is 2.11 bits per heavy atom. The zero-order chi connectivity index (χ0) is 27.3. The van der Waals surface area contributed by atoms with E-state index in [0.717, 1.165) is 20.3 Å². The largest absolute Gasteiger partial charge is 0.456 e. The minimum Gasteiger partial charge on any atom is -0.456 e. The molecule has 38 heavy (non-hydrogen) atoms. The van der Waals surface area contributed by atoms with Crippen LogP contribution in [0.4, 0.5) is 5.69 Å². The normalized spacial score (nSPS) is 21.4. The number of non-ortho nitro benzene ring substituents is 1. The van der Waals surface area contributed by atoms with Gasteiger partial charge in [-0.3, -0.25) is 14.9 Å². The van der Waals surface area contributed by atoms with Crippen molar-refractivity contribution in [2.45, 2.75) is 44.2 Å². The van der Waals surface area contributed by atoms with Crippen LogP contribution in [0.3, 0.4) is 0 Å². The Hall–Kier alpha value is -3.48. The van der Waals surface area contributed by atoms with Gasteiger partial charge < -0.3 is 14.7 Å². The van der Waals surface area contributed by atoms with E-state index < -0.39 is 22.9 Å². The molecule has 2 aromatic heterocycles. The number of allylic oxidation sites excluding steroid dienone is 1. The molecule has 2 aliphatic heterocycles. The second kappa shape index (κ2) is 10.0. The number of β-lactam (4-membered cyclic amide) rings is 1. The maximum Gasteiger partial charge on any atom is 0.355 e. The van der Waals surface area contributed by atoms with E-state index in [9.17, 15) is 24.8 Å². The highest BCUT2D eigenvalue weighted by atomic mass is 32.2. The molecule has 2 aliphatic rings. The molecule has 198 valence electrons. The van der Waals surface area contributed by atoms with Crippen molar-refractivity contribution in [2.24, 2.45) is 11.8 Å². The average molecular weight is 556 g/mol. The van der Waals surface area contributed by atoms with E-state index in [4.69, 9.17) is 4.74 Å². The van der Waals surface area contributed by atoms with Gasteiger partial charge in [0.05, 0.1) is 27.9 Å². The SMILES string of the molecule is C=CC[n+]1cn2cc(C3=C(C(=O)OCc4ccc([N+](=O)[O-])cc4)N4C(=O)[C@H]([C@@H](C)O)[C@H]4[C@H]3C)sc2c1SC. The lowest BCUT2D eigenvalue weighted by molar-refractivity contribution is -0.720. The number of esters is 1. The number of rotatable bonds is 9. The van der Waals surface area contributed by atoms with E-state index in [2.05, 4.69) is 11.1 Å². The van der Waals surface area contributed by atoms with Crippen LogP contribution in [0.2, 0.25) is 0 Å². The zero-order valence-corrected chi connectivity index (χ0v) is 22.7. The van der Waals surface area contributed by atoms with Gasteiger partial charge in [-0.05, 0) is 30.9 Å². The summed E-state index contributed by atoms with van der Waals surface area (Å²) in [6.45, 7) is 7.95. The predicted molar refractivity (Wildman–Crippen MR) is 142 cm³/mol. The molecular formula is C26H27N4O6S2+. The van der Waals surface area contributed by atoms with Crippen molar-refractivity contribution >= 4 is 51.1 Å². The Morgan fingerprint density at radius 3 is 2.71 bits per heavy atom. The fourth-order valence-electron chi connectivity index (χ4n) is 5.35. The minimum absolute atomic E-state index is 0.0546. The number of fused-ring (bicyclic) bond motifs is 2. The van der Waals surface area contributed by atoms with Gasteiger partial charge in [0.15, 0.2) is 0 Å². The Morgan fingerprint density at radius 1 is 1.39 bits per heavy atom. The summed E-state index contributed by atoms with van der Waals surface area (Å²) in [6.07, 6.45) is 6.93. The van der Waals surface area contributed by atoms with E-state index in [0.29, 0.717) is 12.1 Å². The maximum absolute atomic E-state index is 13.5. The summed E-state index contributed by atoms with van der Waals surface area (Å²) in [5, 5.41) is 22.3. The molecule has 0 unspecified atom stereocenters. The van der Waals surface area contributed by atoms with E-state index in [-0.39, 0.29) is 35.9 Å². The number of amides is 1. The van der Waals surface area contributed by atoms with Crippen molar-refractivity contribution in [1.82, 2.24) is 9.30 Å². The second-order valence-corrected chi connectivity index (χ2v) is 11.2. The van der Waals surface area contributed by atoms with Crippen LogP contribution in [0.15, 0.2) is 60.2 Å². The Kier molecular flexibility index (Phi) is 6.88. The lowest BCUT2D eigenvalue weighted by Crippen LogP contribution is -2.63.